The van der Waals surface area contributed by atoms with E-state index in [-0.39, 0.29) is 40.8 Å². The quantitative estimate of drug-likeness (QED) is 0.259. The monoisotopic (exact) mass is 620 g/mol. The van der Waals surface area contributed by atoms with Gasteiger partial charge in [0.05, 0.1) is 23.6 Å². The molecule has 1 heterocycles. The molecule has 2 amide bonds. The highest BCUT2D eigenvalue weighted by atomic mass is 16.7. The number of hydrogen-bond acceptors (Lipinski definition) is 4. The molecule has 5 aliphatic rings. The van der Waals surface area contributed by atoms with Crippen LogP contribution in [0.3, 0.4) is 0 Å². The van der Waals surface area contributed by atoms with Gasteiger partial charge in [0, 0.05) is 6.42 Å². The first-order valence-corrected chi connectivity index (χ1v) is 17.5. The number of amides is 2. The number of hydrogen-bond donors (Lipinski definition) is 2. The highest BCUT2D eigenvalue weighted by molar-refractivity contribution is 6.48. The summed E-state index contributed by atoms with van der Waals surface area (Å²) in [5.41, 5.74) is 3.24. The number of fused-ring (bicyclic) bond motifs is 2. The summed E-state index contributed by atoms with van der Waals surface area (Å²) < 4.78 is 13.5. The molecule has 2 bridgehead atoms. The lowest BCUT2D eigenvalue weighted by molar-refractivity contribution is -0.199. The first-order chi connectivity index (χ1) is 22.0. The molecule has 0 spiro atoms. The largest absolute Gasteiger partial charge is 0.481 e. The van der Waals surface area contributed by atoms with Gasteiger partial charge in [0.25, 0.3) is 0 Å². The van der Waals surface area contributed by atoms with Crippen LogP contribution in [0, 0.1) is 23.2 Å². The van der Waals surface area contributed by atoms with E-state index >= 15 is 0 Å². The van der Waals surface area contributed by atoms with Gasteiger partial charge in [-0.25, -0.2) is 0 Å². The average molecular weight is 621 g/mol. The van der Waals surface area contributed by atoms with Gasteiger partial charge in [-0.3, -0.25) is 9.59 Å². The van der Waals surface area contributed by atoms with Gasteiger partial charge in [0.2, 0.25) is 11.8 Å². The second kappa shape index (κ2) is 12.1. The van der Waals surface area contributed by atoms with E-state index in [1.165, 1.54) is 12.0 Å². The van der Waals surface area contributed by atoms with Crippen LogP contribution < -0.4 is 10.6 Å². The molecule has 6 nitrogen and oxygen atoms in total. The normalized spacial score (nSPS) is 29.0. The van der Waals surface area contributed by atoms with Gasteiger partial charge in [-0.15, -0.1) is 0 Å². The standard InChI is InChI=1S/C39H49BN2O4/c1-24(2)20-35(40-45-34-23-28-22-33(38(28,3)4)39(34,5)46-40)42-37(44)32(21-27-16-10-14-25-12-6-8-17-29(25)27)41-36(43)31-19-11-15-26-13-7-9-18-30(26)31/h6-10,12-14,16-18,24,28,31-35H,11,15,19-23H2,1-5H3,(H,41,43)(H,42,44)/t28-,31?,32-,33-,34+,35-,39-/m0/s1. The SMILES string of the molecule is CC(C)C[C@H](NC(=O)[C@H](Cc1cccc2ccccc12)NC(=O)C1CCCc2ccccc21)B1O[C@@H]2C[C@@H]3C[C@@H](C3(C)C)[C@]2(C)O1. The van der Waals surface area contributed by atoms with E-state index < -0.39 is 13.2 Å². The Hall–Kier alpha value is -3.16. The van der Waals surface area contributed by atoms with Crippen LogP contribution in [0.4, 0.5) is 0 Å². The average Bonchev–Trinajstić information content (AvgIpc) is 3.41. The minimum atomic E-state index is -0.743. The number of aryl methyl sites for hydroxylation is 1. The van der Waals surface area contributed by atoms with Crippen molar-refractivity contribution >= 4 is 29.7 Å². The number of rotatable bonds is 9. The summed E-state index contributed by atoms with van der Waals surface area (Å²) in [6, 6.07) is 21.9. The van der Waals surface area contributed by atoms with Gasteiger partial charge in [0.1, 0.15) is 6.04 Å². The van der Waals surface area contributed by atoms with Gasteiger partial charge >= 0.3 is 7.12 Å². The second-order valence-corrected chi connectivity index (χ2v) is 15.6. The Morgan fingerprint density at radius 1 is 0.957 bits per heavy atom. The van der Waals surface area contributed by atoms with E-state index in [0.29, 0.717) is 24.2 Å². The van der Waals surface area contributed by atoms with E-state index in [4.69, 9.17) is 9.31 Å². The molecule has 46 heavy (non-hydrogen) atoms. The number of carbonyl (C=O) groups excluding carboxylic acids is 2. The van der Waals surface area contributed by atoms with Gasteiger partial charge in [-0.2, -0.15) is 0 Å². The van der Waals surface area contributed by atoms with Crippen LogP contribution >= 0.6 is 0 Å². The fourth-order valence-corrected chi connectivity index (χ4v) is 9.30. The Labute approximate surface area is 274 Å². The number of benzene rings is 3. The van der Waals surface area contributed by atoms with Gasteiger partial charge in [0.15, 0.2) is 0 Å². The smallest absolute Gasteiger partial charge is 0.404 e. The summed E-state index contributed by atoms with van der Waals surface area (Å²) in [5.74, 6) is 0.566. The van der Waals surface area contributed by atoms with Crippen LogP contribution in [-0.2, 0) is 31.7 Å². The highest BCUT2D eigenvalue weighted by Gasteiger charge is 2.68. The van der Waals surface area contributed by atoms with E-state index in [9.17, 15) is 9.59 Å². The molecule has 7 heteroatoms. The van der Waals surface area contributed by atoms with Crippen molar-refractivity contribution in [2.45, 2.75) is 109 Å². The Morgan fingerprint density at radius 2 is 1.72 bits per heavy atom. The lowest BCUT2D eigenvalue weighted by atomic mass is 9.43. The summed E-state index contributed by atoms with van der Waals surface area (Å²) in [6.45, 7) is 11.3. The zero-order chi connectivity index (χ0) is 32.2. The molecule has 1 aliphatic heterocycles. The van der Waals surface area contributed by atoms with Crippen LogP contribution in [0.15, 0.2) is 66.7 Å². The van der Waals surface area contributed by atoms with Crippen molar-refractivity contribution in [3.63, 3.8) is 0 Å². The Morgan fingerprint density at radius 3 is 2.52 bits per heavy atom. The molecule has 3 aromatic rings. The van der Waals surface area contributed by atoms with Crippen molar-refractivity contribution in [3.8, 4) is 0 Å². The number of carbonyl (C=O) groups is 2. The topological polar surface area (TPSA) is 76.7 Å². The molecule has 0 radical (unpaired) electrons. The van der Waals surface area contributed by atoms with Crippen LogP contribution in [0.1, 0.15) is 89.3 Å². The lowest BCUT2D eigenvalue weighted by Crippen LogP contribution is -2.65. The molecule has 3 aromatic carbocycles. The molecular weight excluding hydrogens is 571 g/mol. The van der Waals surface area contributed by atoms with Crippen molar-refractivity contribution in [2.24, 2.45) is 23.2 Å². The summed E-state index contributed by atoms with van der Waals surface area (Å²) in [4.78, 5) is 28.5. The van der Waals surface area contributed by atoms with Gasteiger partial charge in [-0.05, 0) is 96.1 Å². The van der Waals surface area contributed by atoms with E-state index in [2.05, 4.69) is 81.7 Å². The molecule has 2 N–H and O–H groups in total. The second-order valence-electron chi connectivity index (χ2n) is 15.6. The van der Waals surface area contributed by atoms with Crippen LogP contribution in [0.25, 0.3) is 10.8 Å². The Bertz CT molecular complexity index is 1620. The molecule has 4 aliphatic carbocycles. The van der Waals surface area contributed by atoms with Crippen LogP contribution in [0.5, 0.6) is 0 Å². The maximum atomic E-state index is 14.4. The first-order valence-electron chi connectivity index (χ1n) is 17.5. The van der Waals surface area contributed by atoms with E-state index in [0.717, 1.165) is 54.0 Å². The maximum absolute atomic E-state index is 14.4. The summed E-state index contributed by atoms with van der Waals surface area (Å²) in [6.07, 6.45) is 6.07. The minimum absolute atomic E-state index is 0.0402. The molecule has 242 valence electrons. The van der Waals surface area contributed by atoms with Gasteiger partial charge < -0.3 is 19.9 Å². The molecule has 8 rings (SSSR count). The predicted molar refractivity (Wildman–Crippen MR) is 183 cm³/mol. The maximum Gasteiger partial charge on any atom is 0.481 e. The van der Waals surface area contributed by atoms with Crippen LogP contribution in [0.2, 0.25) is 0 Å². The van der Waals surface area contributed by atoms with Crippen molar-refractivity contribution in [1.82, 2.24) is 10.6 Å². The third kappa shape index (κ3) is 5.58. The zero-order valence-corrected chi connectivity index (χ0v) is 28.1. The number of nitrogens with one attached hydrogen (secondary N) is 2. The van der Waals surface area contributed by atoms with Crippen molar-refractivity contribution in [1.29, 1.82) is 0 Å². The summed E-state index contributed by atoms with van der Waals surface area (Å²) in [7, 11) is -0.518. The molecular formula is C39H49BN2O4. The minimum Gasteiger partial charge on any atom is -0.404 e. The Balaban J connectivity index is 1.15. The van der Waals surface area contributed by atoms with Gasteiger partial charge in [-0.1, -0.05) is 94.4 Å². The van der Waals surface area contributed by atoms with Crippen molar-refractivity contribution < 1.29 is 18.9 Å². The molecule has 1 unspecified atom stereocenters. The predicted octanol–water partition coefficient (Wildman–Crippen LogP) is 6.79. The van der Waals surface area contributed by atoms with E-state index in [1.54, 1.807) is 0 Å². The molecule has 3 saturated carbocycles. The van der Waals surface area contributed by atoms with E-state index in [1.807, 2.05) is 30.3 Å². The summed E-state index contributed by atoms with van der Waals surface area (Å²) in [5, 5.41) is 8.81. The van der Waals surface area contributed by atoms with Crippen molar-refractivity contribution in [2.75, 3.05) is 0 Å². The molecule has 0 aromatic heterocycles. The van der Waals surface area contributed by atoms with Crippen molar-refractivity contribution in [3.05, 3.63) is 83.4 Å². The van der Waals surface area contributed by atoms with Crippen LogP contribution in [-0.4, -0.2) is 42.6 Å². The lowest BCUT2D eigenvalue weighted by Gasteiger charge is -2.64. The fraction of sp³-hybridized carbons (Fsp3) is 0.538. The molecule has 7 atom stereocenters. The molecule has 1 saturated heterocycles. The zero-order valence-electron chi connectivity index (χ0n) is 28.1. The first kappa shape index (κ1) is 31.4. The summed E-state index contributed by atoms with van der Waals surface area (Å²) >= 11 is 0. The Kier molecular flexibility index (Phi) is 8.30. The third-order valence-corrected chi connectivity index (χ3v) is 12.0. The third-order valence-electron chi connectivity index (χ3n) is 12.0. The fourth-order valence-electron chi connectivity index (χ4n) is 9.30. The molecule has 4 fully saturated rings. The highest BCUT2D eigenvalue weighted by Crippen LogP contribution is 2.65.